The van der Waals surface area contributed by atoms with E-state index in [1.165, 1.54) is 6.07 Å². The van der Waals surface area contributed by atoms with Crippen molar-refractivity contribution in [3.63, 3.8) is 0 Å². The highest BCUT2D eigenvalue weighted by Crippen LogP contribution is 2.33. The van der Waals surface area contributed by atoms with Crippen LogP contribution in [0.25, 0.3) is 0 Å². The number of rotatable bonds is 6. The molecule has 0 aliphatic rings. The zero-order valence-corrected chi connectivity index (χ0v) is 11.3. The third kappa shape index (κ3) is 4.74. The number of nitrogens with two attached hydrogens (primary N) is 1. The van der Waals surface area contributed by atoms with E-state index in [-0.39, 0.29) is 6.04 Å². The van der Waals surface area contributed by atoms with Crippen molar-refractivity contribution in [1.29, 1.82) is 0 Å². The summed E-state index contributed by atoms with van der Waals surface area (Å²) in [5.74, 6) is 0.499. The molecule has 1 aromatic carbocycles. The van der Waals surface area contributed by atoms with Gasteiger partial charge in [-0.05, 0) is 43.0 Å². The van der Waals surface area contributed by atoms with Gasteiger partial charge in [-0.1, -0.05) is 13.8 Å². The van der Waals surface area contributed by atoms with Crippen LogP contribution in [-0.2, 0) is 12.6 Å². The summed E-state index contributed by atoms with van der Waals surface area (Å²) in [6.07, 6.45) is -2.43. The second-order valence-corrected chi connectivity index (χ2v) is 4.54. The van der Waals surface area contributed by atoms with Gasteiger partial charge < -0.3 is 10.5 Å². The van der Waals surface area contributed by atoms with Crippen LogP contribution in [0.4, 0.5) is 13.2 Å². The number of hydrogen-bond donors (Lipinski definition) is 1. The van der Waals surface area contributed by atoms with Gasteiger partial charge in [-0.2, -0.15) is 13.2 Å². The van der Waals surface area contributed by atoms with E-state index in [0.29, 0.717) is 30.8 Å². The van der Waals surface area contributed by atoms with Gasteiger partial charge in [0, 0.05) is 6.04 Å². The average molecular weight is 275 g/mol. The summed E-state index contributed by atoms with van der Waals surface area (Å²) in [7, 11) is 0. The molecule has 0 heterocycles. The molecule has 0 spiro atoms. The topological polar surface area (TPSA) is 35.2 Å². The number of benzene rings is 1. The fourth-order valence-corrected chi connectivity index (χ4v) is 1.69. The Hall–Kier alpha value is -1.23. The molecule has 0 bridgehead atoms. The van der Waals surface area contributed by atoms with E-state index < -0.39 is 11.7 Å². The molecule has 0 saturated carbocycles. The molecule has 2 nitrogen and oxygen atoms in total. The third-order valence-corrected chi connectivity index (χ3v) is 2.86. The SMILES string of the molecule is CCCOc1ccc(C(F)(F)F)cc1CC(N)CC. The normalized spacial score (nSPS) is 13.4. The van der Waals surface area contributed by atoms with Gasteiger partial charge in [0.1, 0.15) is 5.75 Å². The van der Waals surface area contributed by atoms with Crippen LogP contribution in [0.1, 0.15) is 37.8 Å². The van der Waals surface area contributed by atoms with Crippen LogP contribution >= 0.6 is 0 Å². The lowest BCUT2D eigenvalue weighted by molar-refractivity contribution is -0.137. The Morgan fingerprint density at radius 3 is 2.47 bits per heavy atom. The first-order valence-electron chi connectivity index (χ1n) is 6.47. The van der Waals surface area contributed by atoms with Gasteiger partial charge >= 0.3 is 6.18 Å². The molecule has 0 fully saturated rings. The van der Waals surface area contributed by atoms with Gasteiger partial charge in [-0.15, -0.1) is 0 Å². The lowest BCUT2D eigenvalue weighted by Crippen LogP contribution is -2.22. The van der Waals surface area contributed by atoms with Crippen molar-refractivity contribution in [2.24, 2.45) is 5.73 Å². The molecule has 0 amide bonds. The maximum atomic E-state index is 12.7. The molecule has 1 unspecified atom stereocenters. The second-order valence-electron chi connectivity index (χ2n) is 4.54. The van der Waals surface area contributed by atoms with E-state index >= 15 is 0 Å². The summed E-state index contributed by atoms with van der Waals surface area (Å²) in [5.41, 5.74) is 5.69. The van der Waals surface area contributed by atoms with Gasteiger partial charge in [-0.3, -0.25) is 0 Å². The first-order valence-corrected chi connectivity index (χ1v) is 6.47. The van der Waals surface area contributed by atoms with Gasteiger partial charge in [0.25, 0.3) is 0 Å². The minimum Gasteiger partial charge on any atom is -0.493 e. The molecule has 2 N–H and O–H groups in total. The molecule has 108 valence electrons. The van der Waals surface area contributed by atoms with Crippen molar-refractivity contribution in [2.45, 2.75) is 45.3 Å². The Morgan fingerprint density at radius 1 is 1.26 bits per heavy atom. The fourth-order valence-electron chi connectivity index (χ4n) is 1.69. The predicted octanol–water partition coefficient (Wildman–Crippen LogP) is 3.77. The summed E-state index contributed by atoms with van der Waals surface area (Å²) in [6, 6.07) is 3.41. The molecule has 0 aliphatic heterocycles. The molecule has 0 radical (unpaired) electrons. The molecule has 0 aliphatic carbocycles. The van der Waals surface area contributed by atoms with Gasteiger partial charge in [0.15, 0.2) is 0 Å². The van der Waals surface area contributed by atoms with Crippen LogP contribution in [0.5, 0.6) is 5.75 Å². The smallest absolute Gasteiger partial charge is 0.416 e. The van der Waals surface area contributed by atoms with E-state index in [9.17, 15) is 13.2 Å². The summed E-state index contributed by atoms with van der Waals surface area (Å²) >= 11 is 0. The van der Waals surface area contributed by atoms with E-state index in [1.54, 1.807) is 0 Å². The van der Waals surface area contributed by atoms with Crippen molar-refractivity contribution in [1.82, 2.24) is 0 Å². The maximum Gasteiger partial charge on any atom is 0.416 e. The van der Waals surface area contributed by atoms with Gasteiger partial charge in [0.2, 0.25) is 0 Å². The first kappa shape index (κ1) is 15.8. The Bertz CT molecular complexity index is 404. The maximum absolute atomic E-state index is 12.7. The van der Waals surface area contributed by atoms with Gasteiger partial charge in [0.05, 0.1) is 12.2 Å². The Morgan fingerprint density at radius 2 is 1.95 bits per heavy atom. The lowest BCUT2D eigenvalue weighted by atomic mass is 10.0. The molecule has 1 rings (SSSR count). The van der Waals surface area contributed by atoms with Crippen LogP contribution in [0.3, 0.4) is 0 Å². The van der Waals surface area contributed by atoms with E-state index in [2.05, 4.69) is 0 Å². The average Bonchev–Trinajstić information content (AvgIpc) is 2.35. The highest BCUT2D eigenvalue weighted by atomic mass is 19.4. The van der Waals surface area contributed by atoms with Crippen LogP contribution in [0.15, 0.2) is 18.2 Å². The second kappa shape index (κ2) is 6.80. The summed E-state index contributed by atoms with van der Waals surface area (Å²) in [5, 5.41) is 0. The predicted molar refractivity (Wildman–Crippen MR) is 69.2 cm³/mol. The number of ether oxygens (including phenoxy) is 1. The van der Waals surface area contributed by atoms with Crippen LogP contribution in [0.2, 0.25) is 0 Å². The first-order chi connectivity index (χ1) is 8.88. The highest BCUT2D eigenvalue weighted by molar-refractivity contribution is 5.39. The zero-order chi connectivity index (χ0) is 14.5. The molecule has 5 heteroatoms. The zero-order valence-electron chi connectivity index (χ0n) is 11.3. The van der Waals surface area contributed by atoms with Crippen LogP contribution in [-0.4, -0.2) is 12.6 Å². The van der Waals surface area contributed by atoms with Crippen molar-refractivity contribution < 1.29 is 17.9 Å². The quantitative estimate of drug-likeness (QED) is 0.857. The Balaban J connectivity index is 3.03. The highest BCUT2D eigenvalue weighted by Gasteiger charge is 2.31. The number of hydrogen-bond acceptors (Lipinski definition) is 2. The molecular weight excluding hydrogens is 255 g/mol. The number of alkyl halides is 3. The Kier molecular flexibility index (Phi) is 5.66. The molecular formula is C14H20F3NO. The largest absolute Gasteiger partial charge is 0.493 e. The fraction of sp³-hybridized carbons (Fsp3) is 0.571. The van der Waals surface area contributed by atoms with Crippen LogP contribution in [0, 0.1) is 0 Å². The molecule has 0 saturated heterocycles. The molecule has 1 atom stereocenters. The Labute approximate surface area is 111 Å². The molecule has 19 heavy (non-hydrogen) atoms. The van der Waals surface area contributed by atoms with Crippen molar-refractivity contribution in [2.75, 3.05) is 6.61 Å². The molecule has 1 aromatic rings. The van der Waals surface area contributed by atoms with E-state index in [0.717, 1.165) is 18.6 Å². The lowest BCUT2D eigenvalue weighted by Gasteiger charge is -2.16. The number of halogens is 3. The summed E-state index contributed by atoms with van der Waals surface area (Å²) in [6.45, 7) is 4.34. The minimum atomic E-state index is -4.34. The van der Waals surface area contributed by atoms with Crippen molar-refractivity contribution >= 4 is 0 Å². The van der Waals surface area contributed by atoms with E-state index in [1.807, 2.05) is 13.8 Å². The third-order valence-electron chi connectivity index (χ3n) is 2.86. The summed E-state index contributed by atoms with van der Waals surface area (Å²) < 4.78 is 43.6. The van der Waals surface area contributed by atoms with E-state index in [4.69, 9.17) is 10.5 Å². The van der Waals surface area contributed by atoms with Crippen LogP contribution < -0.4 is 10.5 Å². The molecule has 0 aromatic heterocycles. The van der Waals surface area contributed by atoms with Crippen molar-refractivity contribution in [3.05, 3.63) is 29.3 Å². The van der Waals surface area contributed by atoms with Gasteiger partial charge in [-0.25, -0.2) is 0 Å². The standard InChI is InChI=1S/C14H20F3NO/c1-3-7-19-13-6-5-11(14(15,16)17)8-10(13)9-12(18)4-2/h5-6,8,12H,3-4,7,9,18H2,1-2H3. The monoisotopic (exact) mass is 275 g/mol. The van der Waals surface area contributed by atoms with Crippen molar-refractivity contribution in [3.8, 4) is 5.75 Å². The minimum absolute atomic E-state index is 0.160. The summed E-state index contributed by atoms with van der Waals surface area (Å²) in [4.78, 5) is 0.